The highest BCUT2D eigenvalue weighted by molar-refractivity contribution is 6.74. The lowest BCUT2D eigenvalue weighted by atomic mass is 9.98. The largest absolute Gasteiger partial charge is 0.416 e. The fourth-order valence-electron chi connectivity index (χ4n) is 4.25. The first-order valence-corrected chi connectivity index (χ1v) is 15.3. The van der Waals surface area contributed by atoms with Crippen molar-refractivity contribution in [2.45, 2.75) is 71.5 Å². The highest BCUT2D eigenvalue weighted by atomic mass is 28.4. The molecule has 0 N–H and O–H groups in total. The van der Waals surface area contributed by atoms with E-state index in [0.29, 0.717) is 31.8 Å². The number of halogens is 3. The Hall–Kier alpha value is -2.42. The van der Waals surface area contributed by atoms with Crippen LogP contribution in [-0.2, 0) is 28.4 Å². The van der Waals surface area contributed by atoms with Crippen LogP contribution in [0.2, 0.25) is 18.1 Å². The summed E-state index contributed by atoms with van der Waals surface area (Å²) in [6.07, 6.45) is 0.895. The van der Waals surface area contributed by atoms with Gasteiger partial charge in [-0.2, -0.15) is 13.2 Å². The molecule has 8 heteroatoms. The van der Waals surface area contributed by atoms with Gasteiger partial charge in [0.15, 0.2) is 8.32 Å². The average molecular weight is 517 g/mol. The second-order valence-corrected chi connectivity index (χ2v) is 15.8. The number of pyridine rings is 1. The molecule has 0 bridgehead atoms. The Morgan fingerprint density at radius 1 is 1.11 bits per heavy atom. The fourth-order valence-corrected chi connectivity index (χ4v) is 5.18. The number of imidazole rings is 1. The topological polar surface area (TPSA) is 35.8 Å². The van der Waals surface area contributed by atoms with Crippen LogP contribution < -0.4 is 0 Å². The number of ether oxygens (including phenoxy) is 1. The van der Waals surface area contributed by atoms with Gasteiger partial charge >= 0.3 is 6.18 Å². The van der Waals surface area contributed by atoms with Crippen LogP contribution >= 0.6 is 0 Å². The quantitative estimate of drug-likeness (QED) is 0.317. The molecule has 3 aromatic rings. The van der Waals surface area contributed by atoms with E-state index in [1.807, 2.05) is 16.7 Å². The van der Waals surface area contributed by atoms with Crippen LogP contribution in [0.3, 0.4) is 0 Å². The molecule has 1 aromatic carbocycles. The molecule has 2 aromatic heterocycles. The van der Waals surface area contributed by atoms with Gasteiger partial charge in [0.2, 0.25) is 0 Å². The first-order valence-electron chi connectivity index (χ1n) is 12.3. The van der Waals surface area contributed by atoms with Gasteiger partial charge in [-0.25, -0.2) is 4.98 Å². The Bertz CT molecular complexity index is 1290. The molecular formula is C28H35F3N2O2Si. The number of benzene rings is 1. The van der Waals surface area contributed by atoms with E-state index in [9.17, 15) is 13.2 Å². The zero-order chi connectivity index (χ0) is 26.3. The van der Waals surface area contributed by atoms with Crippen LogP contribution in [0, 0.1) is 6.92 Å². The van der Waals surface area contributed by atoms with Crippen LogP contribution in [0.5, 0.6) is 0 Å². The van der Waals surface area contributed by atoms with Gasteiger partial charge in [-0.1, -0.05) is 39.0 Å². The molecule has 0 radical (unpaired) electrons. The summed E-state index contributed by atoms with van der Waals surface area (Å²) in [4.78, 5) is 4.87. The Morgan fingerprint density at radius 3 is 2.50 bits per heavy atom. The summed E-state index contributed by atoms with van der Waals surface area (Å²) in [5.41, 5.74) is 4.96. The zero-order valence-electron chi connectivity index (χ0n) is 21.9. The molecule has 0 saturated carbocycles. The molecule has 0 aliphatic carbocycles. The van der Waals surface area contributed by atoms with E-state index >= 15 is 0 Å². The SMILES string of the molecule is Cc1c(Cc2c(CO[Si](C)(C)C(C)(C)C)nc3ccc(C4=CCOCC4)cn23)cccc1C(F)(F)F. The molecule has 0 unspecified atom stereocenters. The van der Waals surface area contributed by atoms with Crippen molar-refractivity contribution in [1.82, 2.24) is 9.38 Å². The molecule has 0 fully saturated rings. The van der Waals surface area contributed by atoms with Crippen molar-refractivity contribution in [1.29, 1.82) is 0 Å². The minimum atomic E-state index is -4.39. The normalized spacial score (nSPS) is 15.4. The molecule has 4 rings (SSSR count). The number of nitrogens with zero attached hydrogens (tertiary/aromatic N) is 2. The van der Waals surface area contributed by atoms with E-state index < -0.39 is 20.1 Å². The van der Waals surface area contributed by atoms with E-state index in [-0.39, 0.29) is 10.6 Å². The third kappa shape index (κ3) is 5.45. The van der Waals surface area contributed by atoms with Gasteiger partial charge in [0, 0.05) is 12.6 Å². The monoisotopic (exact) mass is 516 g/mol. The first kappa shape index (κ1) is 26.6. The maximum Gasteiger partial charge on any atom is 0.416 e. The molecule has 0 atom stereocenters. The summed E-state index contributed by atoms with van der Waals surface area (Å²) in [6, 6.07) is 8.43. The van der Waals surface area contributed by atoms with Crippen molar-refractivity contribution in [3.8, 4) is 0 Å². The van der Waals surface area contributed by atoms with Gasteiger partial charge in [0.1, 0.15) is 5.65 Å². The summed E-state index contributed by atoms with van der Waals surface area (Å²) in [5.74, 6) is 0. The van der Waals surface area contributed by atoms with Gasteiger partial charge in [0.25, 0.3) is 0 Å². The molecule has 1 aliphatic rings. The molecule has 194 valence electrons. The highest BCUT2D eigenvalue weighted by Crippen LogP contribution is 2.38. The third-order valence-corrected chi connectivity index (χ3v) is 12.1. The van der Waals surface area contributed by atoms with Crippen LogP contribution in [-0.4, -0.2) is 30.9 Å². The lowest BCUT2D eigenvalue weighted by Gasteiger charge is -2.36. The summed E-state index contributed by atoms with van der Waals surface area (Å²) >= 11 is 0. The molecule has 0 saturated heterocycles. The number of aromatic nitrogens is 2. The minimum Gasteiger partial charge on any atom is -0.411 e. The summed E-state index contributed by atoms with van der Waals surface area (Å²) in [6.45, 7) is 14.1. The smallest absolute Gasteiger partial charge is 0.411 e. The summed E-state index contributed by atoms with van der Waals surface area (Å²) < 4.78 is 54.8. The van der Waals surface area contributed by atoms with Crippen molar-refractivity contribution >= 4 is 19.5 Å². The second kappa shape index (κ2) is 9.80. The predicted octanol–water partition coefficient (Wildman–Crippen LogP) is 7.58. The van der Waals surface area contributed by atoms with E-state index in [4.69, 9.17) is 14.1 Å². The molecular weight excluding hydrogens is 481 g/mol. The number of hydrogen-bond donors (Lipinski definition) is 0. The molecule has 0 amide bonds. The number of rotatable bonds is 6. The minimum absolute atomic E-state index is 0.0344. The number of fused-ring (bicyclic) bond motifs is 1. The van der Waals surface area contributed by atoms with E-state index in [2.05, 4.69) is 46.0 Å². The van der Waals surface area contributed by atoms with Crippen LogP contribution in [0.15, 0.2) is 42.6 Å². The molecule has 3 heterocycles. The van der Waals surface area contributed by atoms with Crippen molar-refractivity contribution in [3.63, 3.8) is 0 Å². The van der Waals surface area contributed by atoms with Crippen LogP contribution in [0.1, 0.15) is 60.8 Å². The van der Waals surface area contributed by atoms with Crippen molar-refractivity contribution in [3.05, 3.63) is 76.2 Å². The Kier molecular flexibility index (Phi) is 7.25. The lowest BCUT2D eigenvalue weighted by Crippen LogP contribution is -2.40. The first-order chi connectivity index (χ1) is 16.8. The fraction of sp³-hybridized carbons (Fsp3) is 0.464. The summed E-state index contributed by atoms with van der Waals surface area (Å²) in [5, 5.41) is 0.0344. The maximum absolute atomic E-state index is 13.6. The molecule has 1 aliphatic heterocycles. The van der Waals surface area contributed by atoms with E-state index in [1.165, 1.54) is 11.6 Å². The van der Waals surface area contributed by atoms with Crippen LogP contribution in [0.25, 0.3) is 11.2 Å². The van der Waals surface area contributed by atoms with E-state index in [1.54, 1.807) is 13.0 Å². The van der Waals surface area contributed by atoms with Crippen molar-refractivity contribution in [2.24, 2.45) is 0 Å². The standard InChI is InChI=1S/C28H35F3N2O2Si/c1-19-21(8-7-9-23(19)28(29,30)31)16-25-24(18-35-36(5,6)27(2,3)4)32-26-11-10-22(17-33(25)26)20-12-14-34-15-13-20/h7-12,17H,13-16,18H2,1-6H3. The van der Waals surface area contributed by atoms with Gasteiger partial charge < -0.3 is 13.6 Å². The second-order valence-electron chi connectivity index (χ2n) is 11.0. The third-order valence-electron chi connectivity index (χ3n) is 7.62. The maximum atomic E-state index is 13.6. The Balaban J connectivity index is 1.80. The van der Waals surface area contributed by atoms with E-state index in [0.717, 1.165) is 35.1 Å². The van der Waals surface area contributed by atoms with Gasteiger partial charge in [-0.05, 0) is 71.9 Å². The van der Waals surface area contributed by atoms with Crippen molar-refractivity contribution in [2.75, 3.05) is 13.2 Å². The molecule has 4 nitrogen and oxygen atoms in total. The van der Waals surface area contributed by atoms with Gasteiger partial charge in [-0.3, -0.25) is 0 Å². The van der Waals surface area contributed by atoms with Crippen LogP contribution in [0.4, 0.5) is 13.2 Å². The number of alkyl halides is 3. The lowest BCUT2D eigenvalue weighted by molar-refractivity contribution is -0.138. The summed E-state index contributed by atoms with van der Waals surface area (Å²) in [7, 11) is -2.06. The number of hydrogen-bond acceptors (Lipinski definition) is 3. The average Bonchev–Trinajstić information content (AvgIpc) is 3.15. The van der Waals surface area contributed by atoms with Crippen molar-refractivity contribution < 1.29 is 22.3 Å². The van der Waals surface area contributed by atoms with Gasteiger partial charge in [-0.15, -0.1) is 0 Å². The molecule has 0 spiro atoms. The Morgan fingerprint density at radius 2 is 1.86 bits per heavy atom. The van der Waals surface area contributed by atoms with Gasteiger partial charge in [0.05, 0.1) is 36.8 Å². The predicted molar refractivity (Wildman–Crippen MR) is 140 cm³/mol. The zero-order valence-corrected chi connectivity index (χ0v) is 22.9. The Labute approximate surface area is 212 Å². The highest BCUT2D eigenvalue weighted by Gasteiger charge is 2.37. The molecule has 36 heavy (non-hydrogen) atoms.